The van der Waals surface area contributed by atoms with E-state index < -0.39 is 0 Å². The van der Waals surface area contributed by atoms with Crippen LogP contribution in [-0.4, -0.2) is 35.4 Å². The number of anilines is 2. The van der Waals surface area contributed by atoms with Crippen LogP contribution in [0, 0.1) is 0 Å². The second kappa shape index (κ2) is 5.38. The van der Waals surface area contributed by atoms with Crippen LogP contribution in [0.3, 0.4) is 0 Å². The van der Waals surface area contributed by atoms with Gasteiger partial charge in [0.25, 0.3) is 0 Å². The molecule has 0 atom stereocenters. The van der Waals surface area contributed by atoms with Crippen LogP contribution < -0.4 is 11.1 Å². The minimum absolute atomic E-state index is 0.00794. The minimum atomic E-state index is -0.00794. The molecule has 20 heavy (non-hydrogen) atoms. The van der Waals surface area contributed by atoms with Gasteiger partial charge in [0.1, 0.15) is 0 Å². The molecule has 3 rings (SSSR count). The summed E-state index contributed by atoms with van der Waals surface area (Å²) in [6.45, 7) is 0.419. The van der Waals surface area contributed by atoms with Crippen molar-refractivity contribution in [1.82, 2.24) is 9.88 Å². The number of thiazole rings is 1. The van der Waals surface area contributed by atoms with E-state index in [2.05, 4.69) is 15.2 Å². The zero-order valence-corrected chi connectivity index (χ0v) is 12.2. The maximum absolute atomic E-state index is 12.0. The number of aromatic nitrogens is 1. The molecule has 5 nitrogen and oxygen atoms in total. The highest BCUT2D eigenvalue weighted by Crippen LogP contribution is 2.27. The first-order valence-electron chi connectivity index (χ1n) is 6.78. The molecule has 0 spiro atoms. The molecule has 6 heteroatoms. The lowest BCUT2D eigenvalue weighted by Gasteiger charge is -2.34. The number of likely N-dealkylation sites (N-methyl/N-ethyl adjacent to an activating group) is 1. The molecule has 0 aliphatic heterocycles. The third-order valence-electron chi connectivity index (χ3n) is 3.75. The molecule has 2 aromatic rings. The number of nitrogens with two attached hydrogens (primary N) is 1. The van der Waals surface area contributed by atoms with Crippen molar-refractivity contribution in [2.45, 2.75) is 25.3 Å². The Hall–Kier alpha value is -1.66. The molecule has 1 fully saturated rings. The van der Waals surface area contributed by atoms with Gasteiger partial charge in [-0.3, -0.25) is 9.69 Å². The molecule has 1 aromatic carbocycles. The number of nitrogens with one attached hydrogen (secondary N) is 1. The molecule has 1 aromatic heterocycles. The second-order valence-corrected chi connectivity index (χ2v) is 6.32. The molecule has 1 amide bonds. The van der Waals surface area contributed by atoms with Gasteiger partial charge in [-0.25, -0.2) is 4.98 Å². The first kappa shape index (κ1) is 13.3. The molecular weight excluding hydrogens is 272 g/mol. The summed E-state index contributed by atoms with van der Waals surface area (Å²) in [6.07, 6.45) is 3.67. The van der Waals surface area contributed by atoms with Crippen molar-refractivity contribution in [2.24, 2.45) is 0 Å². The molecule has 0 saturated heterocycles. The van der Waals surface area contributed by atoms with Crippen molar-refractivity contribution < 1.29 is 4.79 Å². The minimum Gasteiger partial charge on any atom is -0.399 e. The van der Waals surface area contributed by atoms with Crippen molar-refractivity contribution in [3.8, 4) is 0 Å². The van der Waals surface area contributed by atoms with E-state index >= 15 is 0 Å². The van der Waals surface area contributed by atoms with Crippen LogP contribution >= 0.6 is 11.3 Å². The van der Waals surface area contributed by atoms with Gasteiger partial charge in [-0.15, -0.1) is 0 Å². The Balaban J connectivity index is 1.64. The summed E-state index contributed by atoms with van der Waals surface area (Å²) >= 11 is 1.45. The van der Waals surface area contributed by atoms with E-state index in [9.17, 15) is 4.79 Å². The first-order chi connectivity index (χ1) is 9.61. The molecule has 1 heterocycles. The fourth-order valence-electron chi connectivity index (χ4n) is 2.34. The largest absolute Gasteiger partial charge is 0.399 e. The Kier molecular flexibility index (Phi) is 3.58. The summed E-state index contributed by atoms with van der Waals surface area (Å²) in [5.41, 5.74) is 7.32. The lowest BCUT2D eigenvalue weighted by molar-refractivity contribution is -0.117. The standard InChI is InChI=1S/C14H18N4OS/c1-18(10-3-2-4-10)8-13(19)17-14-16-11-6-5-9(15)7-12(11)20-14/h5-7,10H,2-4,8,15H2,1H3,(H,16,17,19). The molecule has 3 N–H and O–H groups in total. The predicted octanol–water partition coefficient (Wildman–Crippen LogP) is 2.30. The van der Waals surface area contributed by atoms with Crippen LogP contribution in [0.2, 0.25) is 0 Å². The predicted molar refractivity (Wildman–Crippen MR) is 82.9 cm³/mol. The highest BCUT2D eigenvalue weighted by Gasteiger charge is 2.23. The SMILES string of the molecule is CN(CC(=O)Nc1nc2ccc(N)cc2s1)C1CCC1. The molecule has 106 valence electrons. The van der Waals surface area contributed by atoms with Gasteiger partial charge < -0.3 is 11.1 Å². The smallest absolute Gasteiger partial charge is 0.240 e. The first-order valence-corrected chi connectivity index (χ1v) is 7.59. The number of amides is 1. The van der Waals surface area contributed by atoms with Gasteiger partial charge in [-0.2, -0.15) is 0 Å². The number of hydrogen-bond acceptors (Lipinski definition) is 5. The number of benzene rings is 1. The van der Waals surface area contributed by atoms with Crippen molar-refractivity contribution in [3.63, 3.8) is 0 Å². The van der Waals surface area contributed by atoms with E-state index in [0.717, 1.165) is 10.2 Å². The molecule has 0 radical (unpaired) electrons. The Morgan fingerprint density at radius 1 is 1.55 bits per heavy atom. The van der Waals surface area contributed by atoms with Crippen LogP contribution in [0.5, 0.6) is 0 Å². The summed E-state index contributed by atoms with van der Waals surface area (Å²) in [5, 5.41) is 3.51. The van der Waals surface area contributed by atoms with Gasteiger partial charge in [-0.1, -0.05) is 17.8 Å². The summed E-state index contributed by atoms with van der Waals surface area (Å²) in [5.74, 6) is -0.00794. The Labute approximate surface area is 121 Å². The number of carbonyl (C=O) groups is 1. The zero-order valence-electron chi connectivity index (χ0n) is 11.4. The molecule has 1 aliphatic rings. The third-order valence-corrected chi connectivity index (χ3v) is 4.68. The van der Waals surface area contributed by atoms with Gasteiger partial charge in [0, 0.05) is 11.7 Å². The van der Waals surface area contributed by atoms with Crippen LogP contribution in [0.15, 0.2) is 18.2 Å². The van der Waals surface area contributed by atoms with Gasteiger partial charge in [0.2, 0.25) is 5.91 Å². The third kappa shape index (κ3) is 2.76. The highest BCUT2D eigenvalue weighted by molar-refractivity contribution is 7.22. The van der Waals surface area contributed by atoms with E-state index in [-0.39, 0.29) is 5.91 Å². The lowest BCUT2D eigenvalue weighted by atomic mass is 9.92. The zero-order chi connectivity index (χ0) is 14.1. The topological polar surface area (TPSA) is 71.2 Å². The van der Waals surface area contributed by atoms with Crippen molar-refractivity contribution in [2.75, 3.05) is 24.6 Å². The van der Waals surface area contributed by atoms with Gasteiger partial charge in [0.05, 0.1) is 16.8 Å². The lowest BCUT2D eigenvalue weighted by Crippen LogP contribution is -2.41. The van der Waals surface area contributed by atoms with Crippen LogP contribution in [0.25, 0.3) is 10.2 Å². The average Bonchev–Trinajstić information content (AvgIpc) is 2.67. The number of carbonyl (C=O) groups excluding carboxylic acids is 1. The normalized spacial score (nSPS) is 15.5. The van der Waals surface area contributed by atoms with E-state index in [4.69, 9.17) is 5.73 Å². The monoisotopic (exact) mass is 290 g/mol. The van der Waals surface area contributed by atoms with E-state index in [1.54, 1.807) is 0 Å². The Morgan fingerprint density at radius 2 is 2.35 bits per heavy atom. The molecule has 0 unspecified atom stereocenters. The number of nitrogens with zero attached hydrogens (tertiary/aromatic N) is 2. The maximum atomic E-state index is 12.0. The van der Waals surface area contributed by atoms with E-state index in [1.807, 2.05) is 25.2 Å². The summed E-state index contributed by atoms with van der Waals surface area (Å²) in [6, 6.07) is 6.13. The molecular formula is C14H18N4OS. The van der Waals surface area contributed by atoms with Crippen molar-refractivity contribution in [3.05, 3.63) is 18.2 Å². The summed E-state index contributed by atoms with van der Waals surface area (Å²) in [7, 11) is 2.00. The highest BCUT2D eigenvalue weighted by atomic mass is 32.1. The molecule has 0 bridgehead atoms. The fraction of sp³-hybridized carbons (Fsp3) is 0.429. The van der Waals surface area contributed by atoms with Crippen molar-refractivity contribution in [1.29, 1.82) is 0 Å². The van der Waals surface area contributed by atoms with Gasteiger partial charge in [0.15, 0.2) is 5.13 Å². The summed E-state index contributed by atoms with van der Waals surface area (Å²) < 4.78 is 0.993. The Bertz CT molecular complexity index is 635. The molecule has 1 aliphatic carbocycles. The number of nitrogen functional groups attached to an aromatic ring is 1. The second-order valence-electron chi connectivity index (χ2n) is 5.29. The van der Waals surface area contributed by atoms with E-state index in [1.165, 1.54) is 30.6 Å². The van der Waals surface area contributed by atoms with Crippen LogP contribution in [0.1, 0.15) is 19.3 Å². The van der Waals surface area contributed by atoms with Crippen LogP contribution in [0.4, 0.5) is 10.8 Å². The number of fused-ring (bicyclic) bond motifs is 1. The summed E-state index contributed by atoms with van der Waals surface area (Å²) in [4.78, 5) is 18.5. The van der Waals surface area contributed by atoms with E-state index in [0.29, 0.717) is 23.4 Å². The van der Waals surface area contributed by atoms with Gasteiger partial charge in [-0.05, 0) is 38.1 Å². The maximum Gasteiger partial charge on any atom is 0.240 e. The fourth-order valence-corrected chi connectivity index (χ4v) is 3.27. The molecule has 1 saturated carbocycles. The van der Waals surface area contributed by atoms with Crippen LogP contribution in [-0.2, 0) is 4.79 Å². The quantitative estimate of drug-likeness (QED) is 0.848. The Morgan fingerprint density at radius 3 is 3.05 bits per heavy atom. The van der Waals surface area contributed by atoms with Crippen molar-refractivity contribution >= 4 is 38.3 Å². The van der Waals surface area contributed by atoms with Gasteiger partial charge >= 0.3 is 0 Å². The number of rotatable bonds is 4. The average molecular weight is 290 g/mol. The number of hydrogen-bond donors (Lipinski definition) is 2.